The van der Waals surface area contributed by atoms with Gasteiger partial charge in [0.05, 0.1) is 5.69 Å². The lowest BCUT2D eigenvalue weighted by atomic mass is 10.1. The molecule has 0 aliphatic heterocycles. The molecule has 5 nitrogen and oxygen atoms in total. The lowest BCUT2D eigenvalue weighted by Crippen LogP contribution is -2.14. The van der Waals surface area contributed by atoms with Crippen molar-refractivity contribution in [3.63, 3.8) is 0 Å². The number of nitrogens with zero attached hydrogens (tertiary/aromatic N) is 1. The maximum atomic E-state index is 12.1. The number of carbonyl (C=O) groups excluding carboxylic acids is 1. The zero-order chi connectivity index (χ0) is 17.1. The SMILES string of the molecule is CCCc1cc(=O)oc2cc(OCC(=O)c3cccn3C)ccc12. The molecule has 0 N–H and O–H groups in total. The summed E-state index contributed by atoms with van der Waals surface area (Å²) in [5.41, 5.74) is 1.67. The fourth-order valence-corrected chi connectivity index (χ4v) is 2.75. The Hall–Kier alpha value is -2.82. The summed E-state index contributed by atoms with van der Waals surface area (Å²) in [6, 6.07) is 10.4. The maximum absolute atomic E-state index is 12.1. The van der Waals surface area contributed by atoms with Crippen molar-refractivity contribution in [2.45, 2.75) is 19.8 Å². The molecule has 124 valence electrons. The van der Waals surface area contributed by atoms with Gasteiger partial charge in [0.15, 0.2) is 6.61 Å². The van der Waals surface area contributed by atoms with Crippen LogP contribution in [0.1, 0.15) is 29.4 Å². The monoisotopic (exact) mass is 325 g/mol. The van der Waals surface area contributed by atoms with Crippen LogP contribution in [-0.4, -0.2) is 17.0 Å². The summed E-state index contributed by atoms with van der Waals surface area (Å²) < 4.78 is 12.6. The van der Waals surface area contributed by atoms with E-state index in [1.807, 2.05) is 25.4 Å². The van der Waals surface area contributed by atoms with Crippen molar-refractivity contribution in [3.05, 3.63) is 64.3 Å². The molecule has 3 aromatic rings. The van der Waals surface area contributed by atoms with E-state index >= 15 is 0 Å². The summed E-state index contributed by atoms with van der Waals surface area (Å²) in [7, 11) is 1.81. The van der Waals surface area contributed by atoms with Gasteiger partial charge in [0.1, 0.15) is 11.3 Å². The molecule has 0 saturated heterocycles. The van der Waals surface area contributed by atoms with Crippen molar-refractivity contribution in [2.24, 2.45) is 7.05 Å². The highest BCUT2D eigenvalue weighted by Gasteiger charge is 2.11. The topological polar surface area (TPSA) is 61.4 Å². The fraction of sp³-hybridized carbons (Fsp3) is 0.263. The predicted octanol–water partition coefficient (Wildman–Crippen LogP) is 3.35. The van der Waals surface area contributed by atoms with Crippen LogP contribution in [0.25, 0.3) is 11.0 Å². The lowest BCUT2D eigenvalue weighted by Gasteiger charge is -2.08. The lowest BCUT2D eigenvalue weighted by molar-refractivity contribution is 0.0913. The Bertz CT molecular complexity index is 936. The first-order valence-corrected chi connectivity index (χ1v) is 7.92. The number of benzene rings is 1. The Morgan fingerprint density at radius 3 is 2.79 bits per heavy atom. The van der Waals surface area contributed by atoms with Gasteiger partial charge in [0.2, 0.25) is 5.78 Å². The van der Waals surface area contributed by atoms with Gasteiger partial charge in [0, 0.05) is 30.8 Å². The van der Waals surface area contributed by atoms with Crippen molar-refractivity contribution in [2.75, 3.05) is 6.61 Å². The van der Waals surface area contributed by atoms with E-state index in [0.717, 1.165) is 23.8 Å². The number of hydrogen-bond donors (Lipinski definition) is 0. The average Bonchev–Trinajstić information content (AvgIpc) is 2.98. The van der Waals surface area contributed by atoms with E-state index in [4.69, 9.17) is 9.15 Å². The Balaban J connectivity index is 1.82. The summed E-state index contributed by atoms with van der Waals surface area (Å²) in [5.74, 6) is 0.394. The van der Waals surface area contributed by atoms with E-state index in [0.29, 0.717) is 17.0 Å². The smallest absolute Gasteiger partial charge is 0.336 e. The summed E-state index contributed by atoms with van der Waals surface area (Å²) >= 11 is 0. The summed E-state index contributed by atoms with van der Waals surface area (Å²) in [6.07, 6.45) is 3.57. The highest BCUT2D eigenvalue weighted by molar-refractivity contribution is 5.95. The number of aryl methyl sites for hydroxylation is 2. The molecule has 0 atom stereocenters. The molecule has 0 unspecified atom stereocenters. The first-order valence-electron chi connectivity index (χ1n) is 7.92. The normalized spacial score (nSPS) is 10.9. The molecule has 1 aromatic carbocycles. The van der Waals surface area contributed by atoms with Gasteiger partial charge in [-0.05, 0) is 36.2 Å². The van der Waals surface area contributed by atoms with Crippen LogP contribution in [0.15, 0.2) is 51.8 Å². The molecule has 2 heterocycles. The molecule has 24 heavy (non-hydrogen) atoms. The van der Waals surface area contributed by atoms with Gasteiger partial charge in [0.25, 0.3) is 0 Å². The van der Waals surface area contributed by atoms with Gasteiger partial charge in [-0.2, -0.15) is 0 Å². The third-order valence-electron chi connectivity index (χ3n) is 3.92. The number of ether oxygens (including phenoxy) is 1. The second-order valence-corrected chi connectivity index (χ2v) is 5.71. The van der Waals surface area contributed by atoms with Gasteiger partial charge < -0.3 is 13.7 Å². The number of hydrogen-bond acceptors (Lipinski definition) is 4. The van der Waals surface area contributed by atoms with Gasteiger partial charge in [-0.1, -0.05) is 13.3 Å². The molecule has 0 fully saturated rings. The van der Waals surface area contributed by atoms with Crippen LogP contribution in [0.5, 0.6) is 5.75 Å². The molecule has 0 amide bonds. The summed E-state index contributed by atoms with van der Waals surface area (Å²) in [5, 5.41) is 0.901. The zero-order valence-corrected chi connectivity index (χ0v) is 13.7. The highest BCUT2D eigenvalue weighted by atomic mass is 16.5. The average molecular weight is 325 g/mol. The van der Waals surface area contributed by atoms with Gasteiger partial charge >= 0.3 is 5.63 Å². The number of Topliss-reactive ketones (excluding diaryl/α,β-unsaturated/α-hetero) is 1. The van der Waals surface area contributed by atoms with E-state index in [1.165, 1.54) is 6.07 Å². The summed E-state index contributed by atoms with van der Waals surface area (Å²) in [6.45, 7) is 2.00. The van der Waals surface area contributed by atoms with Crippen molar-refractivity contribution in [3.8, 4) is 5.75 Å². The van der Waals surface area contributed by atoms with E-state index in [2.05, 4.69) is 6.92 Å². The molecule has 5 heteroatoms. The molecule has 0 aliphatic rings. The minimum absolute atomic E-state index is 0.0672. The fourth-order valence-electron chi connectivity index (χ4n) is 2.75. The van der Waals surface area contributed by atoms with E-state index in [1.54, 1.807) is 22.8 Å². The third kappa shape index (κ3) is 3.25. The minimum atomic E-state index is -0.372. The van der Waals surface area contributed by atoms with Crippen molar-refractivity contribution in [1.29, 1.82) is 0 Å². The first kappa shape index (κ1) is 16.1. The third-order valence-corrected chi connectivity index (χ3v) is 3.92. The Morgan fingerprint density at radius 1 is 1.25 bits per heavy atom. The van der Waals surface area contributed by atoms with Crippen molar-refractivity contribution in [1.82, 2.24) is 4.57 Å². The van der Waals surface area contributed by atoms with Crippen LogP contribution in [0.3, 0.4) is 0 Å². The molecular weight excluding hydrogens is 306 g/mol. The van der Waals surface area contributed by atoms with Crippen LogP contribution in [0.2, 0.25) is 0 Å². The Labute approximate surface area is 139 Å². The van der Waals surface area contributed by atoms with Gasteiger partial charge in [-0.25, -0.2) is 4.79 Å². The number of rotatable bonds is 6. The first-order chi connectivity index (χ1) is 11.6. The molecule has 3 rings (SSSR count). The van der Waals surface area contributed by atoms with Crippen LogP contribution < -0.4 is 10.4 Å². The zero-order valence-electron chi connectivity index (χ0n) is 13.7. The Morgan fingerprint density at radius 2 is 2.08 bits per heavy atom. The van der Waals surface area contributed by atoms with Gasteiger partial charge in [-0.3, -0.25) is 4.79 Å². The molecule has 0 radical (unpaired) electrons. The van der Waals surface area contributed by atoms with Crippen LogP contribution in [0, 0.1) is 0 Å². The van der Waals surface area contributed by atoms with Crippen LogP contribution >= 0.6 is 0 Å². The number of fused-ring (bicyclic) bond motifs is 1. The maximum Gasteiger partial charge on any atom is 0.336 e. The van der Waals surface area contributed by atoms with E-state index < -0.39 is 0 Å². The standard InChI is InChI=1S/C19H19NO4/c1-3-5-13-10-19(22)24-18-11-14(7-8-15(13)18)23-12-17(21)16-6-4-9-20(16)2/h4,6-11H,3,5,12H2,1-2H3. The predicted molar refractivity (Wildman–Crippen MR) is 91.7 cm³/mol. The summed E-state index contributed by atoms with van der Waals surface area (Å²) in [4.78, 5) is 23.8. The van der Waals surface area contributed by atoms with E-state index in [-0.39, 0.29) is 18.0 Å². The molecule has 0 spiro atoms. The molecule has 2 aromatic heterocycles. The van der Waals surface area contributed by atoms with Crippen molar-refractivity contribution >= 4 is 16.8 Å². The second kappa shape index (κ2) is 6.74. The largest absolute Gasteiger partial charge is 0.485 e. The highest BCUT2D eigenvalue weighted by Crippen LogP contribution is 2.23. The molecule has 0 bridgehead atoms. The second-order valence-electron chi connectivity index (χ2n) is 5.71. The quantitative estimate of drug-likeness (QED) is 0.515. The van der Waals surface area contributed by atoms with E-state index in [9.17, 15) is 9.59 Å². The van der Waals surface area contributed by atoms with Crippen LogP contribution in [0.4, 0.5) is 0 Å². The van der Waals surface area contributed by atoms with Crippen molar-refractivity contribution < 1.29 is 13.9 Å². The Kier molecular flexibility index (Phi) is 4.51. The molecular formula is C19H19NO4. The number of ketones is 1. The van der Waals surface area contributed by atoms with Crippen LogP contribution in [-0.2, 0) is 13.5 Å². The molecule has 0 saturated carbocycles. The molecule has 0 aliphatic carbocycles. The number of carbonyl (C=O) groups is 1. The van der Waals surface area contributed by atoms with Gasteiger partial charge in [-0.15, -0.1) is 0 Å². The number of aromatic nitrogens is 1. The minimum Gasteiger partial charge on any atom is -0.485 e.